The molecule has 0 radical (unpaired) electrons. The number of benzene rings is 1. The highest BCUT2D eigenvalue weighted by Crippen LogP contribution is 2.35. The van der Waals surface area contributed by atoms with Gasteiger partial charge >= 0.3 is 0 Å². The summed E-state index contributed by atoms with van der Waals surface area (Å²) in [5.41, 5.74) is 1.66. The maximum Gasteiger partial charge on any atom is 0.207 e. The molecule has 1 N–H and O–H groups in total. The van der Waals surface area contributed by atoms with Gasteiger partial charge in [-0.25, -0.2) is 0 Å². The van der Waals surface area contributed by atoms with Crippen molar-refractivity contribution in [1.82, 2.24) is 5.32 Å². The van der Waals surface area contributed by atoms with Crippen molar-refractivity contribution in [3.63, 3.8) is 0 Å². The molecular formula is C17H18N4O. The van der Waals surface area contributed by atoms with E-state index in [-0.39, 0.29) is 5.92 Å². The second-order valence-corrected chi connectivity index (χ2v) is 5.96. The third-order valence-electron chi connectivity index (χ3n) is 3.24. The maximum absolute atomic E-state index is 9.08. The molecule has 1 aliphatic rings. The number of nitrogens with one attached hydrogen (secondary N) is 1. The molecule has 0 amide bonds. The van der Waals surface area contributed by atoms with Gasteiger partial charge in [-0.15, -0.1) is 0 Å². The van der Waals surface area contributed by atoms with Crippen LogP contribution in [-0.4, -0.2) is 11.4 Å². The SMILES string of the molecule is CC(C)/C(=N\C#N)NC1=CC(C)(C)Oc2ccc(C#N)cc21. The molecule has 2 rings (SSSR count). The normalized spacial score (nSPS) is 16.0. The fourth-order valence-electron chi connectivity index (χ4n) is 2.23. The van der Waals surface area contributed by atoms with Gasteiger partial charge < -0.3 is 10.1 Å². The lowest BCUT2D eigenvalue weighted by atomic mass is 9.97. The molecular weight excluding hydrogens is 276 g/mol. The van der Waals surface area contributed by atoms with Crippen molar-refractivity contribution in [2.24, 2.45) is 10.9 Å². The first-order chi connectivity index (χ1) is 10.4. The summed E-state index contributed by atoms with van der Waals surface area (Å²) in [6.45, 7) is 7.82. The third-order valence-corrected chi connectivity index (χ3v) is 3.24. The van der Waals surface area contributed by atoms with E-state index < -0.39 is 5.60 Å². The first-order valence-corrected chi connectivity index (χ1v) is 7.06. The van der Waals surface area contributed by atoms with E-state index in [9.17, 15) is 0 Å². The van der Waals surface area contributed by atoms with Crippen molar-refractivity contribution in [3.05, 3.63) is 35.4 Å². The Balaban J connectivity index is 2.50. The van der Waals surface area contributed by atoms with Crippen molar-refractivity contribution in [2.45, 2.75) is 33.3 Å². The number of hydrogen-bond acceptors (Lipinski definition) is 4. The Morgan fingerprint density at radius 1 is 1.32 bits per heavy atom. The maximum atomic E-state index is 9.08. The largest absolute Gasteiger partial charge is 0.483 e. The van der Waals surface area contributed by atoms with Crippen LogP contribution in [0.25, 0.3) is 5.70 Å². The van der Waals surface area contributed by atoms with E-state index in [0.29, 0.717) is 17.1 Å². The van der Waals surface area contributed by atoms with E-state index in [1.54, 1.807) is 18.2 Å². The van der Waals surface area contributed by atoms with Crippen LogP contribution in [0, 0.1) is 28.7 Å². The predicted molar refractivity (Wildman–Crippen MR) is 84.9 cm³/mol. The molecule has 22 heavy (non-hydrogen) atoms. The molecule has 0 bridgehead atoms. The Morgan fingerprint density at radius 3 is 2.64 bits per heavy atom. The Bertz CT molecular complexity index is 730. The molecule has 0 atom stereocenters. The van der Waals surface area contributed by atoms with Crippen LogP contribution < -0.4 is 10.1 Å². The molecule has 1 aliphatic heterocycles. The first kappa shape index (κ1) is 15.6. The van der Waals surface area contributed by atoms with Gasteiger partial charge in [0.1, 0.15) is 17.2 Å². The van der Waals surface area contributed by atoms with Crippen molar-refractivity contribution < 1.29 is 4.74 Å². The fourth-order valence-corrected chi connectivity index (χ4v) is 2.23. The highest BCUT2D eigenvalue weighted by molar-refractivity contribution is 5.94. The van der Waals surface area contributed by atoms with Crippen LogP contribution >= 0.6 is 0 Å². The third kappa shape index (κ3) is 3.27. The lowest BCUT2D eigenvalue weighted by Gasteiger charge is -2.32. The van der Waals surface area contributed by atoms with Crippen LogP contribution in [-0.2, 0) is 0 Å². The minimum absolute atomic E-state index is 0.0779. The average molecular weight is 294 g/mol. The summed E-state index contributed by atoms with van der Waals surface area (Å²) in [7, 11) is 0. The van der Waals surface area contributed by atoms with Gasteiger partial charge in [-0.3, -0.25) is 0 Å². The minimum Gasteiger partial charge on any atom is -0.483 e. The number of ether oxygens (including phenoxy) is 1. The number of hydrogen-bond donors (Lipinski definition) is 1. The molecule has 0 spiro atoms. The van der Waals surface area contributed by atoms with Crippen molar-refractivity contribution >= 4 is 11.5 Å². The molecule has 1 aromatic carbocycles. The Labute approximate surface area is 130 Å². The zero-order chi connectivity index (χ0) is 16.3. The lowest BCUT2D eigenvalue weighted by Crippen LogP contribution is -2.34. The summed E-state index contributed by atoms with van der Waals surface area (Å²) in [4.78, 5) is 3.85. The van der Waals surface area contributed by atoms with Crippen LogP contribution in [0.3, 0.4) is 0 Å². The second-order valence-electron chi connectivity index (χ2n) is 5.96. The summed E-state index contributed by atoms with van der Waals surface area (Å²) in [5.74, 6) is 1.36. The van der Waals surface area contributed by atoms with Crippen LogP contribution in [0.15, 0.2) is 29.3 Å². The van der Waals surface area contributed by atoms with Gasteiger partial charge in [0.25, 0.3) is 0 Å². The van der Waals surface area contributed by atoms with Crippen LogP contribution in [0.4, 0.5) is 0 Å². The molecule has 1 heterocycles. The van der Waals surface area contributed by atoms with Crippen LogP contribution in [0.1, 0.15) is 38.8 Å². The number of rotatable bonds is 2. The monoisotopic (exact) mass is 294 g/mol. The topological polar surface area (TPSA) is 81.2 Å². The number of fused-ring (bicyclic) bond motifs is 1. The highest BCUT2D eigenvalue weighted by atomic mass is 16.5. The lowest BCUT2D eigenvalue weighted by molar-refractivity contribution is 0.157. The Morgan fingerprint density at radius 2 is 2.05 bits per heavy atom. The summed E-state index contributed by atoms with van der Waals surface area (Å²) < 4.78 is 5.92. The minimum atomic E-state index is -0.488. The molecule has 0 saturated carbocycles. The van der Waals surface area contributed by atoms with Gasteiger partial charge in [0.05, 0.1) is 17.3 Å². The van der Waals surface area contributed by atoms with Gasteiger partial charge in [-0.05, 0) is 38.1 Å². The Kier molecular flexibility index (Phi) is 4.19. The molecule has 1 aromatic rings. The van der Waals surface area contributed by atoms with Gasteiger partial charge in [-0.2, -0.15) is 15.5 Å². The number of aliphatic imine (C=N–C) groups is 1. The summed E-state index contributed by atoms with van der Waals surface area (Å²) >= 11 is 0. The van der Waals surface area contributed by atoms with Gasteiger partial charge in [-0.1, -0.05) is 13.8 Å². The number of nitrogens with zero attached hydrogens (tertiary/aromatic N) is 3. The van der Waals surface area contributed by atoms with Crippen molar-refractivity contribution in [1.29, 1.82) is 10.5 Å². The number of amidine groups is 1. The molecule has 0 aliphatic carbocycles. The molecule has 0 aromatic heterocycles. The van der Waals surface area contributed by atoms with E-state index >= 15 is 0 Å². The Hall–Kier alpha value is -2.79. The number of nitriles is 2. The van der Waals surface area contributed by atoms with Crippen LogP contribution in [0.5, 0.6) is 5.75 Å². The van der Waals surface area contributed by atoms with Gasteiger partial charge in [0.15, 0.2) is 0 Å². The first-order valence-electron chi connectivity index (χ1n) is 7.06. The molecule has 5 heteroatoms. The van der Waals surface area contributed by atoms with E-state index in [1.807, 2.05) is 40.0 Å². The van der Waals surface area contributed by atoms with Crippen molar-refractivity contribution in [3.8, 4) is 18.0 Å². The van der Waals surface area contributed by atoms with Crippen LogP contribution in [0.2, 0.25) is 0 Å². The molecule has 0 fully saturated rings. The van der Waals surface area contributed by atoms with Gasteiger partial charge in [0, 0.05) is 11.5 Å². The summed E-state index contributed by atoms with van der Waals surface area (Å²) in [5, 5.41) is 21.1. The highest BCUT2D eigenvalue weighted by Gasteiger charge is 2.27. The van der Waals surface area contributed by atoms with Crippen molar-refractivity contribution in [2.75, 3.05) is 0 Å². The summed E-state index contributed by atoms with van der Waals surface area (Å²) in [6.07, 6.45) is 3.76. The van der Waals surface area contributed by atoms with Gasteiger partial charge in [0.2, 0.25) is 6.19 Å². The zero-order valence-electron chi connectivity index (χ0n) is 13.1. The summed E-state index contributed by atoms with van der Waals surface area (Å²) in [6, 6.07) is 7.42. The smallest absolute Gasteiger partial charge is 0.207 e. The quantitative estimate of drug-likeness (QED) is 0.516. The van der Waals surface area contributed by atoms with E-state index in [1.165, 1.54) is 0 Å². The molecule has 112 valence electrons. The predicted octanol–water partition coefficient (Wildman–Crippen LogP) is 3.20. The molecule has 0 unspecified atom stereocenters. The standard InChI is InChI=1S/C17H18N4O/c1-11(2)16(20-10-19)21-14-8-17(3,4)22-15-6-5-12(9-18)7-13(14)15/h5-8,11H,1-4H3,(H,20,21). The zero-order valence-corrected chi connectivity index (χ0v) is 13.1. The molecule has 0 saturated heterocycles. The second kappa shape index (κ2) is 5.91. The van der Waals surface area contributed by atoms with E-state index in [2.05, 4.69) is 16.4 Å². The van der Waals surface area contributed by atoms with E-state index in [0.717, 1.165) is 11.3 Å². The van der Waals surface area contributed by atoms with E-state index in [4.69, 9.17) is 15.3 Å². The fraction of sp³-hybridized carbons (Fsp3) is 0.353. The molecule has 5 nitrogen and oxygen atoms in total. The average Bonchev–Trinajstić information content (AvgIpc) is 2.45.